The van der Waals surface area contributed by atoms with Gasteiger partial charge >= 0.3 is 0 Å². The smallest absolute Gasteiger partial charge is 0.248 e. The van der Waals surface area contributed by atoms with Crippen LogP contribution >= 0.6 is 34.7 Å². The van der Waals surface area contributed by atoms with Crippen molar-refractivity contribution < 1.29 is 9.59 Å². The fourth-order valence-corrected chi connectivity index (χ4v) is 4.68. The SMILES string of the molecule is O=C(Nc1nccs1)C1CCCN1C(=O)CSc1nncn1-c1cccc(Cl)c1. The minimum Gasteiger partial charge on any atom is -0.330 e. The Morgan fingerprint density at radius 2 is 2.28 bits per heavy atom. The van der Waals surface area contributed by atoms with Crippen LogP contribution in [0, 0.1) is 0 Å². The highest BCUT2D eigenvalue weighted by molar-refractivity contribution is 7.99. The van der Waals surface area contributed by atoms with Gasteiger partial charge in [0.05, 0.1) is 11.4 Å². The number of anilines is 1. The van der Waals surface area contributed by atoms with Crippen molar-refractivity contribution in [2.45, 2.75) is 24.0 Å². The van der Waals surface area contributed by atoms with Crippen LogP contribution in [-0.4, -0.2) is 54.8 Å². The molecule has 1 aromatic carbocycles. The highest BCUT2D eigenvalue weighted by Crippen LogP contribution is 2.25. The Morgan fingerprint density at radius 1 is 1.38 bits per heavy atom. The lowest BCUT2D eigenvalue weighted by molar-refractivity contribution is -0.134. The molecule has 0 saturated carbocycles. The zero-order chi connectivity index (χ0) is 20.2. The Morgan fingerprint density at radius 3 is 3.07 bits per heavy atom. The summed E-state index contributed by atoms with van der Waals surface area (Å²) in [5.74, 6) is -0.134. The Bertz CT molecular complexity index is 1010. The molecule has 1 unspecified atom stereocenters. The number of aromatic nitrogens is 4. The van der Waals surface area contributed by atoms with E-state index in [0.717, 1.165) is 12.1 Å². The number of halogens is 1. The van der Waals surface area contributed by atoms with Gasteiger partial charge in [-0.05, 0) is 31.0 Å². The molecule has 1 N–H and O–H groups in total. The second-order valence-corrected chi connectivity index (χ2v) is 8.60. The summed E-state index contributed by atoms with van der Waals surface area (Å²) in [5, 5.41) is 14.4. The zero-order valence-corrected chi connectivity index (χ0v) is 17.6. The van der Waals surface area contributed by atoms with E-state index in [1.165, 1.54) is 23.1 Å². The second kappa shape index (κ2) is 8.93. The van der Waals surface area contributed by atoms with Gasteiger partial charge in [-0.2, -0.15) is 0 Å². The van der Waals surface area contributed by atoms with Crippen molar-refractivity contribution in [3.63, 3.8) is 0 Å². The normalized spacial score (nSPS) is 16.2. The first kappa shape index (κ1) is 19.9. The fraction of sp³-hybridized carbons (Fsp3) is 0.278. The van der Waals surface area contributed by atoms with Crippen LogP contribution in [0.15, 0.2) is 47.3 Å². The number of carbonyl (C=O) groups is 2. The van der Waals surface area contributed by atoms with Gasteiger partial charge in [0.1, 0.15) is 12.4 Å². The Labute approximate surface area is 180 Å². The van der Waals surface area contributed by atoms with Gasteiger partial charge in [-0.25, -0.2) is 4.98 Å². The van der Waals surface area contributed by atoms with Crippen LogP contribution in [0.25, 0.3) is 5.69 Å². The third-order valence-corrected chi connectivity index (χ3v) is 6.32. The van der Waals surface area contributed by atoms with E-state index in [1.807, 2.05) is 12.1 Å². The number of benzene rings is 1. The molecule has 1 atom stereocenters. The van der Waals surface area contributed by atoms with E-state index in [0.29, 0.717) is 28.3 Å². The van der Waals surface area contributed by atoms with Gasteiger partial charge in [0.15, 0.2) is 10.3 Å². The summed E-state index contributed by atoms with van der Waals surface area (Å²) in [6.45, 7) is 0.566. The first-order valence-corrected chi connectivity index (χ1v) is 11.1. The summed E-state index contributed by atoms with van der Waals surface area (Å²) in [7, 11) is 0. The Balaban J connectivity index is 1.40. The van der Waals surface area contributed by atoms with Crippen LogP contribution in [0.3, 0.4) is 0 Å². The van der Waals surface area contributed by atoms with Gasteiger partial charge in [-0.3, -0.25) is 14.2 Å². The molecule has 0 spiro atoms. The standard InChI is InChI=1S/C18H17ClN6O2S2/c19-12-3-1-4-13(9-12)25-11-21-23-18(25)29-10-15(26)24-7-2-5-14(24)16(27)22-17-20-6-8-28-17/h1,3-4,6,8-9,11,14H,2,5,7,10H2,(H,20,22,27). The number of nitrogens with one attached hydrogen (secondary N) is 1. The maximum absolute atomic E-state index is 12.8. The van der Waals surface area contributed by atoms with E-state index >= 15 is 0 Å². The lowest BCUT2D eigenvalue weighted by Gasteiger charge is -2.23. The molecule has 0 aliphatic carbocycles. The molecule has 8 nitrogen and oxygen atoms in total. The molecule has 150 valence electrons. The van der Waals surface area contributed by atoms with E-state index in [9.17, 15) is 9.59 Å². The molecular weight excluding hydrogens is 432 g/mol. The highest BCUT2D eigenvalue weighted by Gasteiger charge is 2.34. The molecule has 3 aromatic rings. The van der Waals surface area contributed by atoms with Gasteiger partial charge in [-0.1, -0.05) is 29.4 Å². The molecule has 0 radical (unpaired) electrons. The molecule has 11 heteroatoms. The topological polar surface area (TPSA) is 93.0 Å². The number of hydrogen-bond acceptors (Lipinski definition) is 7. The number of nitrogens with zero attached hydrogens (tertiary/aromatic N) is 5. The van der Waals surface area contributed by atoms with Crippen molar-refractivity contribution in [3.8, 4) is 5.69 Å². The maximum atomic E-state index is 12.8. The molecule has 1 saturated heterocycles. The van der Waals surface area contributed by atoms with Gasteiger partial charge in [0.25, 0.3) is 0 Å². The molecule has 1 fully saturated rings. The van der Waals surface area contributed by atoms with Crippen molar-refractivity contribution >= 4 is 51.6 Å². The van der Waals surface area contributed by atoms with Crippen LogP contribution in [0.5, 0.6) is 0 Å². The minimum atomic E-state index is -0.474. The van der Waals surface area contributed by atoms with Crippen molar-refractivity contribution in [2.75, 3.05) is 17.6 Å². The van der Waals surface area contributed by atoms with Crippen LogP contribution in [0.4, 0.5) is 5.13 Å². The largest absolute Gasteiger partial charge is 0.330 e. The maximum Gasteiger partial charge on any atom is 0.248 e. The van der Waals surface area contributed by atoms with E-state index in [-0.39, 0.29) is 17.6 Å². The molecule has 1 aliphatic heterocycles. The fourth-order valence-electron chi connectivity index (χ4n) is 3.15. The quantitative estimate of drug-likeness (QED) is 0.582. The number of hydrogen-bond donors (Lipinski definition) is 1. The minimum absolute atomic E-state index is 0.104. The van der Waals surface area contributed by atoms with Gasteiger partial charge in [-0.15, -0.1) is 21.5 Å². The van der Waals surface area contributed by atoms with Crippen molar-refractivity contribution in [2.24, 2.45) is 0 Å². The van der Waals surface area contributed by atoms with Crippen LogP contribution < -0.4 is 5.32 Å². The van der Waals surface area contributed by atoms with E-state index in [1.54, 1.807) is 39.5 Å². The van der Waals surface area contributed by atoms with Crippen LogP contribution in [-0.2, 0) is 9.59 Å². The first-order valence-electron chi connectivity index (χ1n) is 8.90. The lowest BCUT2D eigenvalue weighted by atomic mass is 10.2. The summed E-state index contributed by atoms with van der Waals surface area (Å²) >= 11 is 8.69. The number of amides is 2. The van der Waals surface area contributed by atoms with Gasteiger partial charge in [0.2, 0.25) is 11.8 Å². The summed E-state index contributed by atoms with van der Waals surface area (Å²) in [6, 6.07) is 6.85. The van der Waals surface area contributed by atoms with E-state index in [2.05, 4.69) is 20.5 Å². The summed E-state index contributed by atoms with van der Waals surface area (Å²) < 4.78 is 1.78. The molecule has 29 heavy (non-hydrogen) atoms. The molecule has 2 amide bonds. The first-order chi connectivity index (χ1) is 14.1. The third kappa shape index (κ3) is 4.60. The summed E-state index contributed by atoms with van der Waals surface area (Å²) in [5.41, 5.74) is 0.819. The predicted octanol–water partition coefficient (Wildman–Crippen LogP) is 3.10. The lowest BCUT2D eigenvalue weighted by Crippen LogP contribution is -2.44. The van der Waals surface area contributed by atoms with Crippen LogP contribution in [0.1, 0.15) is 12.8 Å². The highest BCUT2D eigenvalue weighted by atomic mass is 35.5. The molecular formula is C18H17ClN6O2S2. The van der Waals surface area contributed by atoms with Crippen molar-refractivity contribution in [3.05, 3.63) is 47.2 Å². The predicted molar refractivity (Wildman–Crippen MR) is 113 cm³/mol. The number of thioether (sulfide) groups is 1. The van der Waals surface area contributed by atoms with E-state index < -0.39 is 6.04 Å². The molecule has 4 rings (SSSR count). The molecule has 1 aliphatic rings. The number of thiazole rings is 1. The van der Waals surface area contributed by atoms with Gasteiger partial charge in [0, 0.05) is 23.1 Å². The average molecular weight is 449 g/mol. The third-order valence-electron chi connectivity index (χ3n) is 4.47. The number of likely N-dealkylation sites (tertiary alicyclic amines) is 1. The molecule has 3 heterocycles. The summed E-state index contributed by atoms with van der Waals surface area (Å²) in [6.07, 6.45) is 4.65. The number of rotatable bonds is 6. The monoisotopic (exact) mass is 448 g/mol. The Kier molecular flexibility index (Phi) is 6.12. The van der Waals surface area contributed by atoms with Crippen molar-refractivity contribution in [1.29, 1.82) is 0 Å². The molecule has 2 aromatic heterocycles. The number of carbonyl (C=O) groups excluding carboxylic acids is 2. The second-order valence-electron chi connectivity index (χ2n) is 6.32. The molecule has 0 bridgehead atoms. The summed E-state index contributed by atoms with van der Waals surface area (Å²) in [4.78, 5) is 31.0. The van der Waals surface area contributed by atoms with Crippen molar-refractivity contribution in [1.82, 2.24) is 24.6 Å². The van der Waals surface area contributed by atoms with Gasteiger partial charge < -0.3 is 10.2 Å². The zero-order valence-electron chi connectivity index (χ0n) is 15.2. The van der Waals surface area contributed by atoms with E-state index in [4.69, 9.17) is 11.6 Å². The van der Waals surface area contributed by atoms with Crippen LogP contribution in [0.2, 0.25) is 5.02 Å². The Hall–Kier alpha value is -2.43. The average Bonchev–Trinajstić information content (AvgIpc) is 3.46.